The molecule has 24 heavy (non-hydrogen) atoms. The third-order valence-electron chi connectivity index (χ3n) is 4.76. The number of methoxy groups -OCH3 is 1. The molecule has 2 N–H and O–H groups in total. The number of pyridine rings is 1. The number of nitrogens with zero attached hydrogens (tertiary/aromatic N) is 2. The maximum absolute atomic E-state index is 11.3. The first kappa shape index (κ1) is 19.0. The van der Waals surface area contributed by atoms with Gasteiger partial charge < -0.3 is 20.2 Å². The predicted octanol–water partition coefficient (Wildman–Crippen LogP) is 3.37. The zero-order chi connectivity index (χ0) is 17.7. The number of nitrogens with two attached hydrogens (primary N) is 1. The maximum atomic E-state index is 11.3. The largest absolute Gasteiger partial charge is 0.481 e. The van der Waals surface area contributed by atoms with Crippen molar-refractivity contribution in [2.75, 3.05) is 32.5 Å². The minimum absolute atomic E-state index is 0.0734. The van der Waals surface area contributed by atoms with Gasteiger partial charge in [-0.2, -0.15) is 4.98 Å². The van der Waals surface area contributed by atoms with Gasteiger partial charge in [0.05, 0.1) is 12.1 Å². The fraction of sp³-hybridized carbons (Fsp3) is 0.667. The van der Waals surface area contributed by atoms with Gasteiger partial charge in [0.25, 0.3) is 0 Å². The van der Waals surface area contributed by atoms with Crippen molar-refractivity contribution in [1.29, 1.82) is 0 Å². The van der Waals surface area contributed by atoms with Crippen molar-refractivity contribution in [3.05, 3.63) is 16.7 Å². The molecule has 1 unspecified atom stereocenters. The number of nitrogen functional groups attached to an aromatic ring is 1. The molecular formula is C18H28ClN3O2. The average molecular weight is 354 g/mol. The lowest BCUT2D eigenvalue weighted by Gasteiger charge is -2.36. The molecule has 0 aromatic carbocycles. The third kappa shape index (κ3) is 4.61. The van der Waals surface area contributed by atoms with Crippen molar-refractivity contribution < 1.29 is 9.53 Å². The minimum atomic E-state index is 0.0734. The van der Waals surface area contributed by atoms with E-state index in [2.05, 4.69) is 23.7 Å². The van der Waals surface area contributed by atoms with Gasteiger partial charge in [-0.1, -0.05) is 25.4 Å². The molecular weight excluding hydrogens is 326 g/mol. The Morgan fingerprint density at radius 2 is 2.12 bits per heavy atom. The smallest absolute Gasteiger partial charge is 0.218 e. The minimum Gasteiger partial charge on any atom is -0.481 e. The Morgan fingerprint density at radius 1 is 1.46 bits per heavy atom. The summed E-state index contributed by atoms with van der Waals surface area (Å²) in [5.74, 6) is 1.91. The number of likely N-dealkylation sites (tertiary alicyclic amines) is 1. The molecule has 0 bridgehead atoms. The molecule has 1 aliphatic heterocycles. The summed E-state index contributed by atoms with van der Waals surface area (Å²) in [6.07, 6.45) is 3.56. The Morgan fingerprint density at radius 3 is 2.67 bits per heavy atom. The molecule has 1 aromatic heterocycles. The molecule has 134 valence electrons. The zero-order valence-electron chi connectivity index (χ0n) is 14.8. The molecule has 1 aromatic rings. The molecule has 0 amide bonds. The summed E-state index contributed by atoms with van der Waals surface area (Å²) in [7, 11) is 1.57. The van der Waals surface area contributed by atoms with E-state index < -0.39 is 0 Å². The van der Waals surface area contributed by atoms with E-state index in [9.17, 15) is 4.79 Å². The summed E-state index contributed by atoms with van der Waals surface area (Å²) < 4.78 is 5.40. The third-order valence-corrected chi connectivity index (χ3v) is 5.07. The summed E-state index contributed by atoms with van der Waals surface area (Å²) in [5.41, 5.74) is 6.68. The van der Waals surface area contributed by atoms with Gasteiger partial charge in [0.15, 0.2) is 0 Å². The number of ether oxygens (including phenoxy) is 1. The number of piperidine rings is 1. The van der Waals surface area contributed by atoms with Gasteiger partial charge in [0.1, 0.15) is 12.1 Å². The van der Waals surface area contributed by atoms with Crippen LogP contribution in [0.25, 0.3) is 0 Å². The Kier molecular flexibility index (Phi) is 6.87. The lowest BCUT2D eigenvalue weighted by atomic mass is 9.78. The number of halogens is 1. The highest BCUT2D eigenvalue weighted by Crippen LogP contribution is 2.40. The van der Waals surface area contributed by atoms with E-state index >= 15 is 0 Å². The number of carbonyl (C=O) groups excluding carboxylic acids is 1. The standard InChI is InChI=1S/C18H28ClN3O2/c1-12(2)11-22-7-4-13(5-8-22)14(6-9-23)15-10-16(19)17(20)21-18(15)24-3/h9-10,12-14H,4-8,11H2,1-3H3,(H2,20,21). The van der Waals surface area contributed by atoms with E-state index in [-0.39, 0.29) is 11.7 Å². The SMILES string of the molecule is COc1nc(N)c(Cl)cc1C(CC=O)C1CCN(CC(C)C)CC1. The lowest BCUT2D eigenvalue weighted by molar-refractivity contribution is -0.108. The Balaban J connectivity index is 2.19. The number of anilines is 1. The molecule has 2 heterocycles. The maximum Gasteiger partial charge on any atom is 0.218 e. The molecule has 0 spiro atoms. The molecule has 1 saturated heterocycles. The van der Waals surface area contributed by atoms with Gasteiger partial charge in [-0.05, 0) is 49.8 Å². The van der Waals surface area contributed by atoms with Crippen molar-refractivity contribution in [1.82, 2.24) is 9.88 Å². The molecule has 5 nitrogen and oxygen atoms in total. The molecule has 0 aliphatic carbocycles. The van der Waals surface area contributed by atoms with E-state index in [1.54, 1.807) is 7.11 Å². The van der Waals surface area contributed by atoms with Gasteiger partial charge in [0.2, 0.25) is 5.88 Å². The van der Waals surface area contributed by atoms with Crippen LogP contribution in [0.3, 0.4) is 0 Å². The number of hydrogen-bond acceptors (Lipinski definition) is 5. The highest BCUT2D eigenvalue weighted by atomic mass is 35.5. The van der Waals surface area contributed by atoms with Crippen LogP contribution in [0, 0.1) is 11.8 Å². The Bertz CT molecular complexity index is 557. The first-order valence-electron chi connectivity index (χ1n) is 8.62. The first-order valence-corrected chi connectivity index (χ1v) is 8.99. The molecule has 0 saturated carbocycles. The molecule has 1 aliphatic rings. The van der Waals surface area contributed by atoms with Crippen LogP contribution < -0.4 is 10.5 Å². The van der Waals surface area contributed by atoms with Crippen LogP contribution in [0.1, 0.15) is 44.6 Å². The second-order valence-electron chi connectivity index (χ2n) is 6.99. The average Bonchev–Trinajstić information content (AvgIpc) is 2.55. The lowest BCUT2D eigenvalue weighted by Crippen LogP contribution is -2.37. The summed E-state index contributed by atoms with van der Waals surface area (Å²) in [5, 5.41) is 0.416. The highest BCUT2D eigenvalue weighted by molar-refractivity contribution is 6.32. The molecule has 6 heteroatoms. The van der Waals surface area contributed by atoms with Gasteiger partial charge >= 0.3 is 0 Å². The van der Waals surface area contributed by atoms with E-state index in [4.69, 9.17) is 22.1 Å². The zero-order valence-corrected chi connectivity index (χ0v) is 15.6. The van der Waals surface area contributed by atoms with Crippen molar-refractivity contribution in [3.63, 3.8) is 0 Å². The monoisotopic (exact) mass is 353 g/mol. The van der Waals surface area contributed by atoms with Crippen molar-refractivity contribution in [3.8, 4) is 5.88 Å². The second-order valence-corrected chi connectivity index (χ2v) is 7.40. The highest BCUT2D eigenvalue weighted by Gasteiger charge is 2.30. The van der Waals surface area contributed by atoms with Gasteiger partial charge in [-0.25, -0.2) is 0 Å². The van der Waals surface area contributed by atoms with E-state index in [0.29, 0.717) is 29.2 Å². The number of rotatable bonds is 7. The summed E-state index contributed by atoms with van der Waals surface area (Å²) in [4.78, 5) is 18.0. The molecule has 1 atom stereocenters. The number of carbonyl (C=O) groups is 1. The van der Waals surface area contributed by atoms with Gasteiger partial charge in [-0.3, -0.25) is 0 Å². The number of hydrogen-bond donors (Lipinski definition) is 1. The predicted molar refractivity (Wildman–Crippen MR) is 97.6 cm³/mol. The van der Waals surface area contributed by atoms with Crippen LogP contribution in [-0.4, -0.2) is 42.9 Å². The van der Waals surface area contributed by atoms with Gasteiger partial charge in [0, 0.05) is 18.5 Å². The number of aromatic nitrogens is 1. The number of aldehydes is 1. The van der Waals surface area contributed by atoms with Gasteiger partial charge in [-0.15, -0.1) is 0 Å². The van der Waals surface area contributed by atoms with Crippen LogP contribution >= 0.6 is 11.6 Å². The molecule has 0 radical (unpaired) electrons. The summed E-state index contributed by atoms with van der Waals surface area (Å²) in [6.45, 7) is 7.75. The van der Waals surface area contributed by atoms with Crippen molar-refractivity contribution >= 4 is 23.7 Å². The second kappa shape index (κ2) is 8.67. The normalized spacial score (nSPS) is 17.9. The van der Waals surface area contributed by atoms with Crippen LogP contribution in [0.5, 0.6) is 5.88 Å². The van der Waals surface area contributed by atoms with E-state index in [1.165, 1.54) is 0 Å². The Hall–Kier alpha value is -1.33. The summed E-state index contributed by atoms with van der Waals surface area (Å²) in [6, 6.07) is 1.82. The quantitative estimate of drug-likeness (QED) is 0.761. The topological polar surface area (TPSA) is 68.5 Å². The van der Waals surface area contributed by atoms with Crippen molar-refractivity contribution in [2.45, 2.75) is 39.0 Å². The molecule has 1 fully saturated rings. The van der Waals surface area contributed by atoms with Crippen LogP contribution in [0.4, 0.5) is 5.82 Å². The van der Waals surface area contributed by atoms with Crippen LogP contribution in [0.15, 0.2) is 6.07 Å². The van der Waals surface area contributed by atoms with Crippen LogP contribution in [-0.2, 0) is 4.79 Å². The first-order chi connectivity index (χ1) is 11.5. The van der Waals surface area contributed by atoms with E-state index in [1.807, 2.05) is 6.07 Å². The van der Waals surface area contributed by atoms with E-state index in [0.717, 1.165) is 44.3 Å². The fourth-order valence-corrected chi connectivity index (χ4v) is 3.82. The fourth-order valence-electron chi connectivity index (χ4n) is 3.66. The Labute approximate surface area is 149 Å². The van der Waals surface area contributed by atoms with Crippen molar-refractivity contribution in [2.24, 2.45) is 11.8 Å². The molecule has 2 rings (SSSR count). The van der Waals surface area contributed by atoms with Crippen LogP contribution in [0.2, 0.25) is 5.02 Å². The summed E-state index contributed by atoms with van der Waals surface area (Å²) >= 11 is 6.17.